The first kappa shape index (κ1) is 15.4. The Kier molecular flexibility index (Phi) is 4.90. The van der Waals surface area contributed by atoms with Crippen molar-refractivity contribution in [1.82, 2.24) is 5.32 Å². The standard InChI is InChI=1S/C18H26BrNO/c1-3-20-17-5-4-12(2)8-14(17)9-15-11-16(19)10-13-6-7-21-18(13)15/h10-12,14,17,20H,3-9H2,1-2H3. The second kappa shape index (κ2) is 6.70. The molecule has 3 unspecified atom stereocenters. The average Bonchev–Trinajstić information content (AvgIpc) is 2.90. The molecule has 0 amide bonds. The lowest BCUT2D eigenvalue weighted by Crippen LogP contribution is -2.41. The molecule has 3 atom stereocenters. The number of ether oxygens (including phenoxy) is 1. The third kappa shape index (κ3) is 3.45. The van der Waals surface area contributed by atoms with Gasteiger partial charge in [-0.15, -0.1) is 0 Å². The molecule has 1 aliphatic carbocycles. The summed E-state index contributed by atoms with van der Waals surface area (Å²) in [4.78, 5) is 0. The molecule has 0 saturated heterocycles. The minimum atomic E-state index is 0.669. The first-order chi connectivity index (χ1) is 10.2. The van der Waals surface area contributed by atoms with E-state index in [-0.39, 0.29) is 0 Å². The molecule has 0 aromatic heterocycles. The summed E-state index contributed by atoms with van der Waals surface area (Å²) >= 11 is 3.67. The van der Waals surface area contributed by atoms with Crippen LogP contribution in [0.2, 0.25) is 0 Å². The zero-order chi connectivity index (χ0) is 14.8. The number of fused-ring (bicyclic) bond motifs is 1. The molecule has 1 aliphatic heterocycles. The lowest BCUT2D eigenvalue weighted by molar-refractivity contribution is 0.212. The fraction of sp³-hybridized carbons (Fsp3) is 0.667. The Bertz CT molecular complexity index is 502. The van der Waals surface area contributed by atoms with Crippen LogP contribution in [0.5, 0.6) is 5.75 Å². The van der Waals surface area contributed by atoms with E-state index in [1.165, 1.54) is 40.6 Å². The van der Waals surface area contributed by atoms with Gasteiger partial charge in [-0.3, -0.25) is 0 Å². The summed E-state index contributed by atoms with van der Waals surface area (Å²) in [5, 5.41) is 3.71. The van der Waals surface area contributed by atoms with Gasteiger partial charge in [-0.1, -0.05) is 29.8 Å². The molecule has 21 heavy (non-hydrogen) atoms. The molecule has 1 aromatic carbocycles. The van der Waals surface area contributed by atoms with Crippen LogP contribution in [0.1, 0.15) is 44.2 Å². The smallest absolute Gasteiger partial charge is 0.125 e. The molecule has 0 radical (unpaired) electrons. The SMILES string of the molecule is CCNC1CCC(C)CC1Cc1cc(Br)cc2c1OCC2. The predicted octanol–water partition coefficient (Wildman–Crippen LogP) is 4.34. The van der Waals surface area contributed by atoms with Crippen LogP contribution in [0, 0.1) is 11.8 Å². The maximum atomic E-state index is 5.91. The van der Waals surface area contributed by atoms with Gasteiger partial charge in [0.05, 0.1) is 6.61 Å². The van der Waals surface area contributed by atoms with Crippen molar-refractivity contribution in [1.29, 1.82) is 0 Å². The van der Waals surface area contributed by atoms with Crippen LogP contribution in [0.4, 0.5) is 0 Å². The Balaban J connectivity index is 1.81. The van der Waals surface area contributed by atoms with Crippen molar-refractivity contribution in [2.45, 2.75) is 52.0 Å². The van der Waals surface area contributed by atoms with Crippen LogP contribution < -0.4 is 10.1 Å². The summed E-state index contributed by atoms with van der Waals surface area (Å²) in [6, 6.07) is 5.16. The van der Waals surface area contributed by atoms with Crippen LogP contribution in [0.3, 0.4) is 0 Å². The fourth-order valence-electron chi connectivity index (χ4n) is 4.04. The van der Waals surface area contributed by atoms with Crippen molar-refractivity contribution >= 4 is 15.9 Å². The fourth-order valence-corrected chi connectivity index (χ4v) is 4.59. The molecule has 3 heteroatoms. The number of hydrogen-bond donors (Lipinski definition) is 1. The second-order valence-corrected chi connectivity index (χ2v) is 7.61. The Morgan fingerprint density at radius 2 is 2.19 bits per heavy atom. The van der Waals surface area contributed by atoms with Gasteiger partial charge in [0, 0.05) is 16.9 Å². The molecule has 1 aromatic rings. The first-order valence-electron chi connectivity index (χ1n) is 8.34. The Morgan fingerprint density at radius 3 is 3.00 bits per heavy atom. The summed E-state index contributed by atoms with van der Waals surface area (Å²) in [6.45, 7) is 6.53. The molecule has 1 heterocycles. The molecular formula is C18H26BrNO. The molecule has 1 saturated carbocycles. The summed E-state index contributed by atoms with van der Waals surface area (Å²) in [6.07, 6.45) is 6.21. The monoisotopic (exact) mass is 351 g/mol. The van der Waals surface area contributed by atoms with E-state index in [4.69, 9.17) is 4.74 Å². The van der Waals surface area contributed by atoms with Crippen molar-refractivity contribution in [2.24, 2.45) is 11.8 Å². The average molecular weight is 352 g/mol. The molecule has 1 fully saturated rings. The maximum Gasteiger partial charge on any atom is 0.125 e. The molecule has 1 N–H and O–H groups in total. The Hall–Kier alpha value is -0.540. The minimum absolute atomic E-state index is 0.669. The third-order valence-corrected chi connectivity index (χ3v) is 5.48. The van der Waals surface area contributed by atoms with Gasteiger partial charge in [-0.25, -0.2) is 0 Å². The van der Waals surface area contributed by atoms with Crippen LogP contribution in [-0.2, 0) is 12.8 Å². The number of halogens is 1. The van der Waals surface area contributed by atoms with Crippen LogP contribution in [-0.4, -0.2) is 19.2 Å². The number of nitrogens with one attached hydrogen (secondary N) is 1. The third-order valence-electron chi connectivity index (χ3n) is 5.02. The Morgan fingerprint density at radius 1 is 1.33 bits per heavy atom. The molecule has 116 valence electrons. The highest BCUT2D eigenvalue weighted by Crippen LogP contribution is 2.38. The van der Waals surface area contributed by atoms with E-state index >= 15 is 0 Å². The molecule has 2 aliphatic rings. The molecule has 0 bridgehead atoms. The molecule has 0 spiro atoms. The topological polar surface area (TPSA) is 21.3 Å². The summed E-state index contributed by atoms with van der Waals surface area (Å²) < 4.78 is 7.11. The van der Waals surface area contributed by atoms with Crippen molar-refractivity contribution in [3.8, 4) is 5.75 Å². The van der Waals surface area contributed by atoms with Gasteiger partial charge in [0.2, 0.25) is 0 Å². The van der Waals surface area contributed by atoms with Gasteiger partial charge in [0.1, 0.15) is 5.75 Å². The summed E-state index contributed by atoms with van der Waals surface area (Å²) in [5.41, 5.74) is 2.78. The number of benzene rings is 1. The van der Waals surface area contributed by atoms with Gasteiger partial charge in [-0.05, 0) is 67.3 Å². The van der Waals surface area contributed by atoms with E-state index in [0.29, 0.717) is 6.04 Å². The van der Waals surface area contributed by atoms with E-state index < -0.39 is 0 Å². The van der Waals surface area contributed by atoms with Gasteiger partial charge >= 0.3 is 0 Å². The first-order valence-corrected chi connectivity index (χ1v) is 9.14. The molecule has 2 nitrogen and oxygen atoms in total. The zero-order valence-electron chi connectivity index (χ0n) is 13.1. The number of rotatable bonds is 4. The molecule has 3 rings (SSSR count). The van der Waals surface area contributed by atoms with Gasteiger partial charge < -0.3 is 10.1 Å². The highest BCUT2D eigenvalue weighted by atomic mass is 79.9. The Labute approximate surface area is 136 Å². The van der Waals surface area contributed by atoms with E-state index in [9.17, 15) is 0 Å². The highest BCUT2D eigenvalue weighted by Gasteiger charge is 2.30. The van der Waals surface area contributed by atoms with E-state index in [0.717, 1.165) is 37.8 Å². The zero-order valence-corrected chi connectivity index (χ0v) is 14.7. The van der Waals surface area contributed by atoms with E-state index in [1.54, 1.807) is 0 Å². The van der Waals surface area contributed by atoms with Crippen molar-refractivity contribution in [3.63, 3.8) is 0 Å². The quantitative estimate of drug-likeness (QED) is 0.870. The van der Waals surface area contributed by atoms with Crippen LogP contribution in [0.25, 0.3) is 0 Å². The van der Waals surface area contributed by atoms with Crippen molar-refractivity contribution < 1.29 is 4.74 Å². The van der Waals surface area contributed by atoms with Crippen molar-refractivity contribution in [2.75, 3.05) is 13.2 Å². The lowest BCUT2D eigenvalue weighted by Gasteiger charge is -2.35. The second-order valence-electron chi connectivity index (χ2n) is 6.70. The predicted molar refractivity (Wildman–Crippen MR) is 91.0 cm³/mol. The molecular weight excluding hydrogens is 326 g/mol. The lowest BCUT2D eigenvalue weighted by atomic mass is 9.76. The summed E-state index contributed by atoms with van der Waals surface area (Å²) in [7, 11) is 0. The van der Waals surface area contributed by atoms with E-state index in [2.05, 4.69) is 47.2 Å². The highest BCUT2D eigenvalue weighted by molar-refractivity contribution is 9.10. The van der Waals surface area contributed by atoms with Crippen LogP contribution in [0.15, 0.2) is 16.6 Å². The van der Waals surface area contributed by atoms with Gasteiger partial charge in [-0.2, -0.15) is 0 Å². The number of hydrogen-bond acceptors (Lipinski definition) is 2. The van der Waals surface area contributed by atoms with Crippen LogP contribution >= 0.6 is 15.9 Å². The largest absolute Gasteiger partial charge is 0.493 e. The van der Waals surface area contributed by atoms with Crippen molar-refractivity contribution in [3.05, 3.63) is 27.7 Å². The summed E-state index contributed by atoms with van der Waals surface area (Å²) in [5.74, 6) is 2.76. The van der Waals surface area contributed by atoms with Gasteiger partial charge in [0.15, 0.2) is 0 Å². The van der Waals surface area contributed by atoms with Gasteiger partial charge in [0.25, 0.3) is 0 Å². The minimum Gasteiger partial charge on any atom is -0.493 e. The van der Waals surface area contributed by atoms with E-state index in [1.807, 2.05) is 0 Å². The normalized spacial score (nSPS) is 28.2. The maximum absolute atomic E-state index is 5.91.